The Labute approximate surface area is 73.1 Å². The molecule has 14 heavy (non-hydrogen) atoms. The quantitative estimate of drug-likeness (QED) is 0.277. The number of rotatable bonds is 0. The van der Waals surface area contributed by atoms with Crippen molar-refractivity contribution in [1.82, 2.24) is 0 Å². The topological polar surface area (TPSA) is 34.1 Å². The van der Waals surface area contributed by atoms with Gasteiger partial charge in [0.2, 0.25) is 10.9 Å². The van der Waals surface area contributed by atoms with E-state index in [2.05, 4.69) is 0 Å². The minimum absolute atomic E-state index is 1.01. The highest BCUT2D eigenvalue weighted by Gasteiger charge is 2.28. The normalized spacial score (nSPS) is 11.4. The minimum atomic E-state index is -2.08. The standard InChI is InChI=1S/C8F4O2/c9-3-1-2(8(14)7(1)13)4(10)6(12)5(3)11. The van der Waals surface area contributed by atoms with Crippen LogP contribution in [0.1, 0.15) is 0 Å². The van der Waals surface area contributed by atoms with Crippen LogP contribution in [0.3, 0.4) is 0 Å². The fourth-order valence-corrected chi connectivity index (χ4v) is 1.22. The van der Waals surface area contributed by atoms with Crippen molar-refractivity contribution in [2.75, 3.05) is 0 Å². The van der Waals surface area contributed by atoms with Crippen LogP contribution in [0, 0.1) is 23.3 Å². The first-order valence-corrected chi connectivity index (χ1v) is 3.41. The van der Waals surface area contributed by atoms with Gasteiger partial charge in [0.05, 0.1) is 10.8 Å². The van der Waals surface area contributed by atoms with Crippen LogP contribution in [0.15, 0.2) is 9.59 Å². The van der Waals surface area contributed by atoms with Gasteiger partial charge in [0.25, 0.3) is 0 Å². The van der Waals surface area contributed by atoms with E-state index in [1.54, 1.807) is 0 Å². The van der Waals surface area contributed by atoms with Crippen molar-refractivity contribution in [3.63, 3.8) is 0 Å². The molecular formula is C8F4O2. The molecule has 0 heterocycles. The maximum absolute atomic E-state index is 12.8. The van der Waals surface area contributed by atoms with Gasteiger partial charge in [-0.05, 0) is 0 Å². The molecule has 6 heteroatoms. The molecule has 2 aromatic rings. The fourth-order valence-electron chi connectivity index (χ4n) is 1.22. The van der Waals surface area contributed by atoms with E-state index in [1.165, 1.54) is 0 Å². The first-order chi connectivity index (χ1) is 6.46. The number of fused-ring (bicyclic) bond motifs is 1. The Morgan fingerprint density at radius 3 is 1.14 bits per heavy atom. The van der Waals surface area contributed by atoms with Crippen LogP contribution in [-0.4, -0.2) is 0 Å². The second-order valence-electron chi connectivity index (χ2n) is 2.66. The second-order valence-corrected chi connectivity index (χ2v) is 2.66. The number of hydrogen-bond donors (Lipinski definition) is 0. The lowest BCUT2D eigenvalue weighted by Gasteiger charge is -2.04. The lowest BCUT2D eigenvalue weighted by atomic mass is 10.0. The van der Waals surface area contributed by atoms with Gasteiger partial charge in [-0.3, -0.25) is 9.59 Å². The van der Waals surface area contributed by atoms with E-state index < -0.39 is 44.9 Å². The number of hydrogen-bond acceptors (Lipinski definition) is 2. The zero-order valence-electron chi connectivity index (χ0n) is 6.33. The van der Waals surface area contributed by atoms with Gasteiger partial charge in [0.15, 0.2) is 23.3 Å². The van der Waals surface area contributed by atoms with Crippen LogP contribution in [-0.2, 0) is 0 Å². The third-order valence-electron chi connectivity index (χ3n) is 1.93. The van der Waals surface area contributed by atoms with Crippen molar-refractivity contribution in [2.24, 2.45) is 0 Å². The Bertz CT molecular complexity index is 567. The molecule has 0 aromatic heterocycles. The monoisotopic (exact) mass is 204 g/mol. The second kappa shape index (κ2) is 2.40. The van der Waals surface area contributed by atoms with Gasteiger partial charge in [0.1, 0.15) is 0 Å². The van der Waals surface area contributed by atoms with Crippen molar-refractivity contribution >= 4 is 10.8 Å². The van der Waals surface area contributed by atoms with Crippen molar-refractivity contribution < 1.29 is 17.6 Å². The largest absolute Gasteiger partial charge is 0.285 e. The molecule has 2 rings (SSSR count). The molecule has 0 amide bonds. The van der Waals surface area contributed by atoms with Gasteiger partial charge < -0.3 is 0 Å². The summed E-state index contributed by atoms with van der Waals surface area (Å²) in [6, 6.07) is 0. The van der Waals surface area contributed by atoms with Crippen LogP contribution in [0.5, 0.6) is 0 Å². The average Bonchev–Trinajstić information content (AvgIpc) is 2.18. The predicted molar refractivity (Wildman–Crippen MR) is 38.7 cm³/mol. The van der Waals surface area contributed by atoms with Crippen molar-refractivity contribution in [2.45, 2.75) is 0 Å². The zero-order chi connectivity index (χ0) is 10.6. The maximum Gasteiger partial charge on any atom is 0.237 e. The third kappa shape index (κ3) is 0.753. The highest BCUT2D eigenvalue weighted by Crippen LogP contribution is 2.22. The van der Waals surface area contributed by atoms with E-state index in [4.69, 9.17) is 0 Å². The molecule has 72 valence electrons. The summed E-state index contributed by atoms with van der Waals surface area (Å²) >= 11 is 0. The summed E-state index contributed by atoms with van der Waals surface area (Å²) in [5.41, 5.74) is -2.68. The molecule has 0 aliphatic heterocycles. The highest BCUT2D eigenvalue weighted by molar-refractivity contribution is 5.88. The van der Waals surface area contributed by atoms with Gasteiger partial charge in [-0.15, -0.1) is 0 Å². The van der Waals surface area contributed by atoms with Crippen LogP contribution in [0.25, 0.3) is 10.8 Å². The Hall–Kier alpha value is -1.72. The number of halogens is 4. The third-order valence-corrected chi connectivity index (χ3v) is 1.93. The summed E-state index contributed by atoms with van der Waals surface area (Å²) in [5, 5.41) is -2.02. The molecule has 0 saturated carbocycles. The Morgan fingerprint density at radius 1 is 0.571 bits per heavy atom. The molecule has 0 fully saturated rings. The molecular weight excluding hydrogens is 204 g/mol. The van der Waals surface area contributed by atoms with Crippen LogP contribution in [0.2, 0.25) is 0 Å². The predicted octanol–water partition coefficient (Wildman–Crippen LogP) is 0.992. The summed E-state index contributed by atoms with van der Waals surface area (Å²) in [6.07, 6.45) is 0. The Kier molecular flexibility index (Phi) is 1.52. The molecule has 0 aliphatic carbocycles. The average molecular weight is 204 g/mol. The summed E-state index contributed by atoms with van der Waals surface area (Å²) in [5.74, 6) is -7.80. The van der Waals surface area contributed by atoms with E-state index in [0.717, 1.165) is 0 Å². The van der Waals surface area contributed by atoms with Crippen molar-refractivity contribution in [3.8, 4) is 0 Å². The molecule has 2 aromatic carbocycles. The van der Waals surface area contributed by atoms with Gasteiger partial charge in [-0.2, -0.15) is 0 Å². The van der Waals surface area contributed by atoms with E-state index in [-0.39, 0.29) is 0 Å². The molecule has 0 radical (unpaired) electrons. The van der Waals surface area contributed by atoms with Crippen LogP contribution < -0.4 is 10.9 Å². The minimum Gasteiger partial charge on any atom is -0.285 e. The lowest BCUT2D eigenvalue weighted by molar-refractivity contribution is 0.417. The molecule has 0 N–H and O–H groups in total. The summed E-state index contributed by atoms with van der Waals surface area (Å²) < 4.78 is 50.5. The van der Waals surface area contributed by atoms with E-state index in [9.17, 15) is 27.2 Å². The molecule has 0 atom stereocenters. The zero-order valence-corrected chi connectivity index (χ0v) is 6.33. The van der Waals surface area contributed by atoms with Crippen LogP contribution in [0.4, 0.5) is 17.6 Å². The van der Waals surface area contributed by atoms with E-state index >= 15 is 0 Å². The first-order valence-electron chi connectivity index (χ1n) is 3.41. The molecule has 0 aliphatic rings. The lowest BCUT2D eigenvalue weighted by Crippen LogP contribution is -2.33. The SMILES string of the molecule is O=c1c(=O)c2c(F)c(F)c(F)c(F)c12. The van der Waals surface area contributed by atoms with Gasteiger partial charge >= 0.3 is 0 Å². The molecule has 2 nitrogen and oxygen atoms in total. The van der Waals surface area contributed by atoms with Crippen molar-refractivity contribution in [1.29, 1.82) is 0 Å². The van der Waals surface area contributed by atoms with E-state index in [1.807, 2.05) is 0 Å². The molecule has 0 unspecified atom stereocenters. The van der Waals surface area contributed by atoms with Gasteiger partial charge in [-0.25, -0.2) is 17.6 Å². The fraction of sp³-hybridized carbons (Fsp3) is 0. The summed E-state index contributed by atoms with van der Waals surface area (Å²) in [4.78, 5) is 21.3. The van der Waals surface area contributed by atoms with Gasteiger partial charge in [0, 0.05) is 0 Å². The Morgan fingerprint density at radius 2 is 0.857 bits per heavy atom. The van der Waals surface area contributed by atoms with Crippen molar-refractivity contribution in [3.05, 3.63) is 43.7 Å². The Balaban J connectivity index is 3.13. The highest BCUT2D eigenvalue weighted by atomic mass is 19.2. The maximum atomic E-state index is 12.8. The molecule has 0 bridgehead atoms. The molecule has 0 saturated heterocycles. The number of benzene rings is 1. The van der Waals surface area contributed by atoms with Gasteiger partial charge in [-0.1, -0.05) is 0 Å². The summed E-state index contributed by atoms with van der Waals surface area (Å²) in [7, 11) is 0. The van der Waals surface area contributed by atoms with E-state index in [0.29, 0.717) is 0 Å². The van der Waals surface area contributed by atoms with Crippen LogP contribution >= 0.6 is 0 Å². The molecule has 0 spiro atoms. The smallest absolute Gasteiger partial charge is 0.237 e. The summed E-state index contributed by atoms with van der Waals surface area (Å²) in [6.45, 7) is 0. The first kappa shape index (κ1) is 8.86.